The van der Waals surface area contributed by atoms with E-state index in [-0.39, 0.29) is 10.8 Å². The summed E-state index contributed by atoms with van der Waals surface area (Å²) in [7, 11) is -2.48. The van der Waals surface area contributed by atoms with Gasteiger partial charge in [-0.15, -0.1) is 5.23 Å². The molecule has 0 saturated heterocycles. The van der Waals surface area contributed by atoms with Gasteiger partial charge in [-0.3, -0.25) is 5.43 Å². The Morgan fingerprint density at radius 1 is 1.52 bits per heavy atom. The summed E-state index contributed by atoms with van der Waals surface area (Å²) in [6, 6.07) is 0.440. The van der Waals surface area contributed by atoms with Crippen molar-refractivity contribution in [1.82, 2.24) is 20.8 Å². The van der Waals surface area contributed by atoms with Crippen LogP contribution >= 0.6 is 11.3 Å². The maximum Gasteiger partial charge on any atom is 0.350 e. The van der Waals surface area contributed by atoms with Crippen LogP contribution < -0.4 is 15.6 Å². The summed E-state index contributed by atoms with van der Waals surface area (Å²) in [5, 5.41) is 7.83. The van der Waals surface area contributed by atoms with E-state index in [0.717, 1.165) is 5.23 Å². The Balaban J connectivity index is 2.00. The predicted octanol–water partition coefficient (Wildman–Crippen LogP) is 0.335. The highest BCUT2D eigenvalue weighted by molar-refractivity contribution is 7.90. The normalized spacial score (nSPS) is 14.7. The molecule has 0 aliphatic carbocycles. The monoisotopic (exact) mass is 331 g/mol. The van der Waals surface area contributed by atoms with Crippen LogP contribution in [0.4, 0.5) is 4.79 Å². The van der Waals surface area contributed by atoms with E-state index in [1.54, 1.807) is 18.4 Å². The molecule has 1 aromatic rings. The van der Waals surface area contributed by atoms with Crippen LogP contribution in [0.25, 0.3) is 0 Å². The maximum atomic E-state index is 11.9. The molecule has 9 nitrogen and oxygen atoms in total. The Bertz CT molecular complexity index is 680. The Morgan fingerprint density at radius 3 is 2.90 bits per heavy atom. The summed E-state index contributed by atoms with van der Waals surface area (Å²) in [5.74, 6) is 0.257. The zero-order valence-electron chi connectivity index (χ0n) is 11.2. The van der Waals surface area contributed by atoms with E-state index in [2.05, 4.69) is 16.0 Å². The molecule has 0 fully saturated rings. The smallest absolute Gasteiger partial charge is 0.350 e. The summed E-state index contributed by atoms with van der Waals surface area (Å²) in [5.41, 5.74) is 5.57. The van der Waals surface area contributed by atoms with Crippen LogP contribution in [0.15, 0.2) is 38.6 Å². The van der Waals surface area contributed by atoms with E-state index < -0.39 is 16.1 Å². The highest BCUT2D eigenvalue weighted by atomic mass is 32.2. The number of rotatable bonds is 3. The number of ether oxygens (including phenoxy) is 1. The Kier molecular flexibility index (Phi) is 4.33. The van der Waals surface area contributed by atoms with Crippen LogP contribution in [0.5, 0.6) is 0 Å². The van der Waals surface area contributed by atoms with Crippen LogP contribution in [0.3, 0.4) is 0 Å². The van der Waals surface area contributed by atoms with Gasteiger partial charge in [0.15, 0.2) is 0 Å². The lowest BCUT2D eigenvalue weighted by Gasteiger charge is -2.24. The van der Waals surface area contributed by atoms with Gasteiger partial charge in [-0.1, -0.05) is 5.10 Å². The molecular weight excluding hydrogens is 318 g/mol. The summed E-state index contributed by atoms with van der Waals surface area (Å²) in [6.07, 6.45) is 1.61. The SMILES string of the molecule is COC1=NN(NC(=O)NS(=O)(=O)c2ccsc2)NC(C)=C1. The summed E-state index contributed by atoms with van der Waals surface area (Å²) < 4.78 is 30.5. The molecule has 2 rings (SSSR count). The molecule has 1 aliphatic rings. The lowest BCUT2D eigenvalue weighted by Crippen LogP contribution is -2.52. The van der Waals surface area contributed by atoms with Gasteiger partial charge in [0.2, 0.25) is 5.90 Å². The second kappa shape index (κ2) is 6.01. The number of amides is 2. The molecule has 2 amide bonds. The number of nitrogens with one attached hydrogen (secondary N) is 3. The number of hydrazone groups is 1. The molecule has 1 aromatic heterocycles. The van der Waals surface area contributed by atoms with E-state index in [0.29, 0.717) is 5.70 Å². The molecule has 0 unspecified atom stereocenters. The Labute approximate surface area is 125 Å². The first-order valence-corrected chi connectivity index (χ1v) is 8.06. The average molecular weight is 331 g/mol. The summed E-state index contributed by atoms with van der Waals surface area (Å²) in [6.45, 7) is 1.72. The molecular formula is C10H13N5O4S2. The average Bonchev–Trinajstić information content (AvgIpc) is 2.91. The van der Waals surface area contributed by atoms with Gasteiger partial charge in [-0.05, 0) is 18.4 Å². The van der Waals surface area contributed by atoms with Gasteiger partial charge in [-0.25, -0.2) is 23.4 Å². The second-order valence-electron chi connectivity index (χ2n) is 3.90. The zero-order chi connectivity index (χ0) is 15.5. The molecule has 1 aliphatic heterocycles. The number of thiophene rings is 1. The number of allylic oxidation sites excluding steroid dienone is 1. The molecule has 0 radical (unpaired) electrons. The van der Waals surface area contributed by atoms with Gasteiger partial charge in [0.05, 0.1) is 12.0 Å². The van der Waals surface area contributed by atoms with Crippen molar-refractivity contribution in [2.75, 3.05) is 7.11 Å². The zero-order valence-corrected chi connectivity index (χ0v) is 12.8. The van der Waals surface area contributed by atoms with Crippen molar-refractivity contribution in [2.24, 2.45) is 5.10 Å². The van der Waals surface area contributed by atoms with E-state index in [4.69, 9.17) is 4.74 Å². The molecule has 0 aromatic carbocycles. The topological polar surface area (TPSA) is 112 Å². The molecule has 11 heteroatoms. The van der Waals surface area contributed by atoms with Gasteiger partial charge in [0.1, 0.15) is 0 Å². The standard InChI is InChI=1S/C10H13N5O4S2/c1-7-5-9(19-2)12-15(11-7)13-10(16)14-21(17,18)8-3-4-20-6-8/h3-6,11H,1-2H3,(H2,13,14,16). The van der Waals surface area contributed by atoms with Crippen molar-refractivity contribution in [2.45, 2.75) is 11.8 Å². The highest BCUT2D eigenvalue weighted by Gasteiger charge is 2.20. The first kappa shape index (κ1) is 15.1. The van der Waals surface area contributed by atoms with E-state index in [1.165, 1.54) is 29.9 Å². The summed E-state index contributed by atoms with van der Waals surface area (Å²) >= 11 is 1.21. The second-order valence-corrected chi connectivity index (χ2v) is 6.36. The molecule has 2 heterocycles. The van der Waals surface area contributed by atoms with Gasteiger partial charge in [-0.2, -0.15) is 11.3 Å². The van der Waals surface area contributed by atoms with Crippen molar-refractivity contribution >= 4 is 33.3 Å². The van der Waals surface area contributed by atoms with Crippen LogP contribution in [0.2, 0.25) is 0 Å². The van der Waals surface area contributed by atoms with E-state index in [9.17, 15) is 13.2 Å². The van der Waals surface area contributed by atoms with E-state index in [1.807, 2.05) is 4.72 Å². The van der Waals surface area contributed by atoms with E-state index >= 15 is 0 Å². The minimum Gasteiger partial charge on any atom is -0.480 e. The van der Waals surface area contributed by atoms with Crippen LogP contribution in [-0.4, -0.2) is 32.7 Å². The maximum absolute atomic E-state index is 11.9. The third kappa shape index (κ3) is 3.86. The third-order valence-electron chi connectivity index (χ3n) is 2.27. The Morgan fingerprint density at radius 2 is 2.29 bits per heavy atom. The fraction of sp³-hybridized carbons (Fsp3) is 0.200. The van der Waals surface area contributed by atoms with Gasteiger partial charge in [0, 0.05) is 17.2 Å². The number of sulfonamides is 1. The Hall–Kier alpha value is -2.27. The number of urea groups is 1. The first-order valence-electron chi connectivity index (χ1n) is 5.64. The van der Waals surface area contributed by atoms with Crippen LogP contribution in [0.1, 0.15) is 6.92 Å². The quantitative estimate of drug-likeness (QED) is 0.736. The fourth-order valence-electron chi connectivity index (χ4n) is 1.39. The lowest BCUT2D eigenvalue weighted by molar-refractivity contribution is 0.138. The number of hydrogen-bond acceptors (Lipinski definition) is 8. The molecule has 0 saturated carbocycles. The minimum atomic E-state index is -3.90. The third-order valence-corrected chi connectivity index (χ3v) is 4.43. The fourth-order valence-corrected chi connectivity index (χ4v) is 3.33. The molecule has 21 heavy (non-hydrogen) atoms. The molecule has 0 bridgehead atoms. The molecule has 0 atom stereocenters. The lowest BCUT2D eigenvalue weighted by atomic mass is 10.4. The first-order chi connectivity index (χ1) is 9.90. The van der Waals surface area contributed by atoms with Crippen molar-refractivity contribution < 1.29 is 17.9 Å². The predicted molar refractivity (Wildman–Crippen MR) is 76.3 cm³/mol. The minimum absolute atomic E-state index is 0.0198. The molecule has 114 valence electrons. The van der Waals surface area contributed by atoms with Gasteiger partial charge < -0.3 is 4.74 Å². The van der Waals surface area contributed by atoms with Gasteiger partial charge >= 0.3 is 6.03 Å². The number of hydrogen-bond donors (Lipinski definition) is 3. The number of nitrogens with zero attached hydrogens (tertiary/aromatic N) is 2. The van der Waals surface area contributed by atoms with Crippen molar-refractivity contribution in [3.8, 4) is 0 Å². The van der Waals surface area contributed by atoms with Crippen molar-refractivity contribution in [3.05, 3.63) is 28.6 Å². The number of carbonyl (C=O) groups is 1. The number of methoxy groups -OCH3 is 1. The molecule has 3 N–H and O–H groups in total. The van der Waals surface area contributed by atoms with Gasteiger partial charge in [0.25, 0.3) is 10.0 Å². The van der Waals surface area contributed by atoms with Crippen LogP contribution in [0, 0.1) is 0 Å². The van der Waals surface area contributed by atoms with Crippen LogP contribution in [-0.2, 0) is 14.8 Å². The largest absolute Gasteiger partial charge is 0.480 e. The molecule has 0 spiro atoms. The summed E-state index contributed by atoms with van der Waals surface area (Å²) in [4.78, 5) is 11.7. The van der Waals surface area contributed by atoms with Crippen molar-refractivity contribution in [1.29, 1.82) is 0 Å². The highest BCUT2D eigenvalue weighted by Crippen LogP contribution is 2.12. The number of hydrazine groups is 2. The van der Waals surface area contributed by atoms with Crippen molar-refractivity contribution in [3.63, 3.8) is 0 Å². The number of carbonyl (C=O) groups excluding carboxylic acids is 1.